The molecule has 0 saturated heterocycles. The van der Waals surface area contributed by atoms with Crippen molar-refractivity contribution in [3.8, 4) is 0 Å². The molecule has 2 aliphatic carbocycles. The van der Waals surface area contributed by atoms with Crippen molar-refractivity contribution >= 4 is 29.7 Å². The number of hydrogen-bond donors (Lipinski definition) is 2. The minimum absolute atomic E-state index is 0.0398. The van der Waals surface area contributed by atoms with Gasteiger partial charge in [0.1, 0.15) is 18.5 Å². The van der Waals surface area contributed by atoms with E-state index in [0.717, 1.165) is 18.4 Å². The van der Waals surface area contributed by atoms with Crippen molar-refractivity contribution in [2.45, 2.75) is 84.2 Å². The summed E-state index contributed by atoms with van der Waals surface area (Å²) in [5.74, 6) is -3.19. The molecule has 3 aliphatic rings. The second-order valence-corrected chi connectivity index (χ2v) is 11.2. The summed E-state index contributed by atoms with van der Waals surface area (Å²) in [5.41, 5.74) is 0.695. The number of Topliss-reactive ketones (excluding diaryl/α,β-unsaturated/α-hetero) is 1. The highest BCUT2D eigenvalue weighted by atomic mass is 16.5. The highest BCUT2D eigenvalue weighted by Gasteiger charge is 2.58. The molecule has 9 heteroatoms. The fraction of sp³-hybridized carbons (Fsp3) is 0.621. The third kappa shape index (κ3) is 6.60. The van der Waals surface area contributed by atoms with Crippen molar-refractivity contribution < 1.29 is 43.7 Å². The Morgan fingerprint density at radius 3 is 2.39 bits per heavy atom. The first-order chi connectivity index (χ1) is 17.9. The summed E-state index contributed by atoms with van der Waals surface area (Å²) in [7, 11) is 0. The van der Waals surface area contributed by atoms with E-state index >= 15 is 0 Å². The normalized spacial score (nSPS) is 30.9. The van der Waals surface area contributed by atoms with Gasteiger partial charge < -0.3 is 19.7 Å². The first kappa shape index (κ1) is 29.3. The quantitative estimate of drug-likeness (QED) is 0.277. The topological polar surface area (TPSA) is 144 Å². The zero-order valence-electron chi connectivity index (χ0n) is 22.2. The van der Waals surface area contributed by atoms with Gasteiger partial charge >= 0.3 is 23.9 Å². The van der Waals surface area contributed by atoms with Gasteiger partial charge in [-0.3, -0.25) is 19.2 Å². The van der Waals surface area contributed by atoms with Crippen LogP contribution >= 0.6 is 0 Å². The molecule has 3 rings (SSSR count). The second-order valence-electron chi connectivity index (χ2n) is 11.2. The number of carboxylic acids is 2. The van der Waals surface area contributed by atoms with Gasteiger partial charge in [0.05, 0.1) is 24.8 Å². The van der Waals surface area contributed by atoms with Gasteiger partial charge in [-0.1, -0.05) is 38.2 Å². The Morgan fingerprint density at radius 1 is 1.08 bits per heavy atom. The van der Waals surface area contributed by atoms with Crippen LogP contribution in [0.4, 0.5) is 0 Å². The summed E-state index contributed by atoms with van der Waals surface area (Å²) in [6.45, 7) is 8.80. The number of ether oxygens (including phenoxy) is 2. The van der Waals surface area contributed by atoms with E-state index in [2.05, 4.69) is 13.5 Å². The lowest BCUT2D eigenvalue weighted by Crippen LogP contribution is -2.56. The van der Waals surface area contributed by atoms with Gasteiger partial charge in [-0.2, -0.15) is 0 Å². The van der Waals surface area contributed by atoms with Crippen LogP contribution in [0.1, 0.15) is 78.1 Å². The molecule has 2 N–H and O–H groups in total. The smallest absolute Gasteiger partial charge is 0.338 e. The van der Waals surface area contributed by atoms with Gasteiger partial charge in [0, 0.05) is 24.2 Å². The number of aliphatic carboxylic acids is 2. The predicted octanol–water partition coefficient (Wildman–Crippen LogP) is 4.41. The molecule has 2 fully saturated rings. The van der Waals surface area contributed by atoms with E-state index < -0.39 is 29.4 Å². The summed E-state index contributed by atoms with van der Waals surface area (Å²) in [5, 5.41) is 17.9. The number of esters is 2. The van der Waals surface area contributed by atoms with Crippen LogP contribution in [-0.4, -0.2) is 52.6 Å². The Bertz CT molecular complexity index is 1050. The third-order valence-corrected chi connectivity index (χ3v) is 8.78. The number of hydrogen-bond acceptors (Lipinski definition) is 7. The van der Waals surface area contributed by atoms with Gasteiger partial charge in [-0.15, -0.1) is 0 Å². The summed E-state index contributed by atoms with van der Waals surface area (Å²) in [6, 6.07) is 0. The zero-order chi connectivity index (χ0) is 28.1. The van der Waals surface area contributed by atoms with Gasteiger partial charge in [0.25, 0.3) is 0 Å². The Balaban J connectivity index is 1.88. The summed E-state index contributed by atoms with van der Waals surface area (Å²) in [4.78, 5) is 59.0. The van der Waals surface area contributed by atoms with Crippen molar-refractivity contribution in [1.82, 2.24) is 0 Å². The number of allylic oxidation sites excluding steroid dienone is 2. The van der Waals surface area contributed by atoms with Crippen LogP contribution in [0.5, 0.6) is 0 Å². The van der Waals surface area contributed by atoms with Gasteiger partial charge in [0.15, 0.2) is 0 Å². The molecule has 0 amide bonds. The van der Waals surface area contributed by atoms with Crippen LogP contribution < -0.4 is 0 Å². The average molecular weight is 531 g/mol. The molecule has 2 saturated carbocycles. The number of ketones is 1. The molecule has 5 atom stereocenters. The minimum atomic E-state index is -1.08. The Kier molecular flexibility index (Phi) is 9.33. The van der Waals surface area contributed by atoms with Crippen molar-refractivity contribution in [1.29, 1.82) is 0 Å². The zero-order valence-corrected chi connectivity index (χ0v) is 22.2. The number of carbonyl (C=O) groups excluding carboxylic acids is 3. The van der Waals surface area contributed by atoms with E-state index in [1.807, 2.05) is 13.0 Å². The van der Waals surface area contributed by atoms with Crippen LogP contribution in [0.2, 0.25) is 0 Å². The monoisotopic (exact) mass is 530 g/mol. The molecule has 38 heavy (non-hydrogen) atoms. The largest absolute Gasteiger partial charge is 0.481 e. The van der Waals surface area contributed by atoms with Crippen molar-refractivity contribution in [2.24, 2.45) is 22.7 Å². The van der Waals surface area contributed by atoms with Gasteiger partial charge in [-0.25, -0.2) is 4.79 Å². The molecule has 0 spiro atoms. The molecule has 0 bridgehead atoms. The van der Waals surface area contributed by atoms with E-state index in [1.54, 1.807) is 12.2 Å². The first-order valence-corrected chi connectivity index (χ1v) is 13.2. The molecule has 0 radical (unpaired) electrons. The molecule has 0 aromatic rings. The van der Waals surface area contributed by atoms with E-state index in [9.17, 15) is 24.0 Å². The fourth-order valence-electron chi connectivity index (χ4n) is 6.71. The molecule has 1 aliphatic heterocycles. The Morgan fingerprint density at radius 2 is 1.76 bits per heavy atom. The maximum Gasteiger partial charge on any atom is 0.338 e. The maximum atomic E-state index is 12.6. The van der Waals surface area contributed by atoms with Crippen molar-refractivity contribution in [2.75, 3.05) is 6.61 Å². The average Bonchev–Trinajstić information content (AvgIpc) is 3.26. The lowest BCUT2D eigenvalue weighted by atomic mass is 9.45. The standard InChI is InChI=1S/C29H38O9/c1-18-4-8-22-28(2,21(18)7-5-19-14-17-37-27(19)36)16-13-23(38-26(35)11-10-25(33)34)29(22,3)15-12-20(30)6-9-24(31)32/h5,7,14,21-23H,1,4,6,8-13,15-17H2,2-3H3,(H,31,32)(H,33,34)/b7-5+/t21?,22?,23-,28+,29+/m1/s1. The van der Waals surface area contributed by atoms with Crippen molar-refractivity contribution in [3.63, 3.8) is 0 Å². The summed E-state index contributed by atoms with van der Waals surface area (Å²) in [6.07, 6.45) is 7.59. The van der Waals surface area contributed by atoms with E-state index in [-0.39, 0.29) is 67.7 Å². The molecule has 208 valence electrons. The summed E-state index contributed by atoms with van der Waals surface area (Å²) >= 11 is 0. The molecule has 0 aromatic heterocycles. The SMILES string of the molecule is C=C1CCC2[C@@](C)(CC[C@@H](OC(=O)CCC(=O)O)[C@@]2(C)CCC(=O)CCC(=O)O)C1/C=C/C1=CCOC1=O. The highest BCUT2D eigenvalue weighted by molar-refractivity contribution is 5.93. The molecule has 1 heterocycles. The minimum Gasteiger partial charge on any atom is -0.481 e. The van der Waals surface area contributed by atoms with Crippen LogP contribution in [0.3, 0.4) is 0 Å². The number of fused-ring (bicyclic) bond motifs is 1. The Labute approximate surface area is 222 Å². The van der Waals surface area contributed by atoms with E-state index in [0.29, 0.717) is 24.8 Å². The van der Waals surface area contributed by atoms with E-state index in [1.165, 1.54) is 0 Å². The number of carbonyl (C=O) groups is 5. The van der Waals surface area contributed by atoms with Crippen LogP contribution in [0, 0.1) is 22.7 Å². The molecule has 9 nitrogen and oxygen atoms in total. The lowest BCUT2D eigenvalue weighted by Gasteiger charge is -2.60. The molecular formula is C29H38O9. The Hall–Kier alpha value is -3.23. The second kappa shape index (κ2) is 12.1. The van der Waals surface area contributed by atoms with Crippen LogP contribution in [0.25, 0.3) is 0 Å². The number of carboxylic acid groups (broad SMARTS) is 2. The molecule has 2 unspecified atom stereocenters. The highest BCUT2D eigenvalue weighted by Crippen LogP contribution is 2.63. The third-order valence-electron chi connectivity index (χ3n) is 8.78. The summed E-state index contributed by atoms with van der Waals surface area (Å²) < 4.78 is 10.9. The maximum absolute atomic E-state index is 12.6. The predicted molar refractivity (Wildman–Crippen MR) is 137 cm³/mol. The molecular weight excluding hydrogens is 492 g/mol. The van der Waals surface area contributed by atoms with Crippen molar-refractivity contribution in [3.05, 3.63) is 36.0 Å². The lowest BCUT2D eigenvalue weighted by molar-refractivity contribution is -0.180. The van der Waals surface area contributed by atoms with Crippen LogP contribution in [0.15, 0.2) is 36.0 Å². The number of cyclic esters (lactones) is 1. The fourth-order valence-corrected chi connectivity index (χ4v) is 6.71. The van der Waals surface area contributed by atoms with Crippen LogP contribution in [-0.2, 0) is 33.4 Å². The van der Waals surface area contributed by atoms with Gasteiger partial charge in [-0.05, 0) is 49.5 Å². The first-order valence-electron chi connectivity index (χ1n) is 13.2. The number of rotatable bonds is 12. The van der Waals surface area contributed by atoms with E-state index in [4.69, 9.17) is 19.7 Å². The molecule has 0 aromatic carbocycles. The van der Waals surface area contributed by atoms with Gasteiger partial charge in [0.2, 0.25) is 0 Å².